The Morgan fingerprint density at radius 2 is 1.87 bits per heavy atom. The minimum Gasteiger partial charge on any atom is -0.497 e. The molecule has 7 heteroatoms. The van der Waals surface area contributed by atoms with Crippen molar-refractivity contribution in [1.29, 1.82) is 5.26 Å². The van der Waals surface area contributed by atoms with Gasteiger partial charge in [0.2, 0.25) is 12.7 Å². The molecular weight excluding hydrogens is 394 g/mol. The fourth-order valence-electron chi connectivity index (χ4n) is 3.37. The molecule has 4 rings (SSSR count). The van der Waals surface area contributed by atoms with Gasteiger partial charge >= 0.3 is 0 Å². The van der Waals surface area contributed by atoms with E-state index in [0.717, 1.165) is 22.4 Å². The number of ether oxygens (including phenoxy) is 4. The van der Waals surface area contributed by atoms with Gasteiger partial charge in [-0.15, -0.1) is 0 Å². The number of nitrogens with two attached hydrogens (primary N) is 1. The highest BCUT2D eigenvalue weighted by Crippen LogP contribution is 2.40. The minimum absolute atomic E-state index is 0.170. The maximum Gasteiger partial charge on any atom is 0.238 e. The SMILES string of the molecule is COc1ccc(-c2c(C#N)c(Oc3ccc4c(c3)OCO4)nc(C)c2C=CCN)cc1. The molecule has 0 spiro atoms. The van der Waals surface area contributed by atoms with Crippen LogP contribution in [-0.4, -0.2) is 25.4 Å². The van der Waals surface area contributed by atoms with Crippen molar-refractivity contribution in [2.75, 3.05) is 20.4 Å². The van der Waals surface area contributed by atoms with Crippen molar-refractivity contribution in [3.63, 3.8) is 0 Å². The Labute approximate surface area is 180 Å². The molecule has 1 aromatic heterocycles. The molecule has 1 aliphatic rings. The minimum atomic E-state index is 0.170. The highest BCUT2D eigenvalue weighted by atomic mass is 16.7. The van der Waals surface area contributed by atoms with Crippen molar-refractivity contribution in [3.8, 4) is 46.1 Å². The van der Waals surface area contributed by atoms with Crippen LogP contribution in [0.25, 0.3) is 17.2 Å². The van der Waals surface area contributed by atoms with Crippen LogP contribution in [-0.2, 0) is 0 Å². The van der Waals surface area contributed by atoms with Crippen molar-refractivity contribution >= 4 is 6.08 Å². The number of hydrogen-bond donors (Lipinski definition) is 1. The van der Waals surface area contributed by atoms with Crippen molar-refractivity contribution in [3.05, 3.63) is 65.4 Å². The molecule has 0 radical (unpaired) electrons. The van der Waals surface area contributed by atoms with E-state index in [4.69, 9.17) is 24.7 Å². The van der Waals surface area contributed by atoms with Gasteiger partial charge in [-0.05, 0) is 36.8 Å². The summed E-state index contributed by atoms with van der Waals surface area (Å²) < 4.78 is 22.1. The topological polar surface area (TPSA) is 99.6 Å². The van der Waals surface area contributed by atoms with Crippen LogP contribution in [0.15, 0.2) is 48.5 Å². The van der Waals surface area contributed by atoms with Crippen molar-refractivity contribution in [2.24, 2.45) is 5.73 Å². The standard InChI is InChI=1S/C24H21N3O4/c1-15-19(4-3-11-25)23(16-5-7-17(28-2)8-6-16)20(13-26)24(27-15)31-18-9-10-21-22(12-18)30-14-29-21/h3-10,12H,11,14,25H2,1-2H3. The molecule has 0 aliphatic carbocycles. The second-order valence-corrected chi connectivity index (χ2v) is 6.76. The number of pyridine rings is 1. The molecule has 1 aliphatic heterocycles. The average Bonchev–Trinajstić information content (AvgIpc) is 3.26. The van der Waals surface area contributed by atoms with E-state index >= 15 is 0 Å². The number of nitriles is 1. The van der Waals surface area contributed by atoms with E-state index in [-0.39, 0.29) is 12.7 Å². The van der Waals surface area contributed by atoms with Crippen LogP contribution in [0.4, 0.5) is 0 Å². The summed E-state index contributed by atoms with van der Waals surface area (Å²) in [6.07, 6.45) is 3.71. The quantitative estimate of drug-likeness (QED) is 0.636. The van der Waals surface area contributed by atoms with E-state index in [0.29, 0.717) is 35.1 Å². The molecule has 0 saturated carbocycles. The molecule has 31 heavy (non-hydrogen) atoms. The lowest BCUT2D eigenvalue weighted by atomic mass is 9.94. The summed E-state index contributed by atoms with van der Waals surface area (Å²) in [7, 11) is 1.61. The summed E-state index contributed by atoms with van der Waals surface area (Å²) >= 11 is 0. The van der Waals surface area contributed by atoms with E-state index in [1.54, 1.807) is 25.3 Å². The lowest BCUT2D eigenvalue weighted by Crippen LogP contribution is -2.02. The number of aryl methyl sites for hydroxylation is 1. The van der Waals surface area contributed by atoms with E-state index in [9.17, 15) is 5.26 Å². The highest BCUT2D eigenvalue weighted by Gasteiger charge is 2.21. The van der Waals surface area contributed by atoms with Crippen molar-refractivity contribution < 1.29 is 18.9 Å². The first-order chi connectivity index (χ1) is 15.1. The maximum absolute atomic E-state index is 10.0. The average molecular weight is 415 g/mol. The Kier molecular flexibility index (Phi) is 5.74. The molecule has 7 nitrogen and oxygen atoms in total. The van der Waals surface area contributed by atoms with Gasteiger partial charge in [-0.1, -0.05) is 24.3 Å². The summed E-state index contributed by atoms with van der Waals surface area (Å²) in [5.41, 5.74) is 9.08. The van der Waals surface area contributed by atoms with Crippen LogP contribution in [0, 0.1) is 18.3 Å². The second-order valence-electron chi connectivity index (χ2n) is 6.76. The lowest BCUT2D eigenvalue weighted by Gasteiger charge is -2.16. The van der Waals surface area contributed by atoms with Gasteiger partial charge in [-0.25, -0.2) is 4.98 Å². The number of hydrogen-bond acceptors (Lipinski definition) is 7. The largest absolute Gasteiger partial charge is 0.497 e. The van der Waals surface area contributed by atoms with Gasteiger partial charge in [-0.3, -0.25) is 0 Å². The Morgan fingerprint density at radius 3 is 2.58 bits per heavy atom. The molecule has 0 amide bonds. The zero-order chi connectivity index (χ0) is 21.8. The van der Waals surface area contributed by atoms with Gasteiger partial charge in [0.05, 0.1) is 7.11 Å². The molecule has 156 valence electrons. The predicted molar refractivity (Wildman–Crippen MR) is 116 cm³/mol. The zero-order valence-corrected chi connectivity index (χ0v) is 17.2. The third-order valence-corrected chi connectivity index (χ3v) is 4.86. The Hall–Kier alpha value is -4.02. The third-order valence-electron chi connectivity index (χ3n) is 4.86. The maximum atomic E-state index is 10.0. The summed E-state index contributed by atoms with van der Waals surface area (Å²) in [5.74, 6) is 2.68. The zero-order valence-electron chi connectivity index (χ0n) is 17.2. The lowest BCUT2D eigenvalue weighted by molar-refractivity contribution is 0.174. The highest BCUT2D eigenvalue weighted by molar-refractivity contribution is 5.83. The van der Waals surface area contributed by atoms with Gasteiger partial charge in [0.25, 0.3) is 0 Å². The third kappa shape index (κ3) is 4.02. The van der Waals surface area contributed by atoms with E-state index < -0.39 is 0 Å². The Balaban J connectivity index is 1.85. The fraction of sp³-hybridized carbons (Fsp3) is 0.167. The fourth-order valence-corrected chi connectivity index (χ4v) is 3.37. The van der Waals surface area contributed by atoms with Gasteiger partial charge in [0.1, 0.15) is 23.1 Å². The normalized spacial score (nSPS) is 12.1. The summed E-state index contributed by atoms with van der Waals surface area (Å²) in [5, 5.41) is 10.0. The summed E-state index contributed by atoms with van der Waals surface area (Å²) in [4.78, 5) is 4.57. The number of benzene rings is 2. The Morgan fingerprint density at radius 1 is 1.13 bits per heavy atom. The first-order valence-corrected chi connectivity index (χ1v) is 9.67. The monoisotopic (exact) mass is 415 g/mol. The summed E-state index contributed by atoms with van der Waals surface area (Å²) in [6.45, 7) is 2.42. The van der Waals surface area contributed by atoms with Gasteiger partial charge < -0.3 is 24.7 Å². The van der Waals surface area contributed by atoms with Crippen LogP contribution in [0.2, 0.25) is 0 Å². The molecule has 2 aromatic carbocycles. The van der Waals surface area contributed by atoms with Gasteiger partial charge in [0.15, 0.2) is 11.5 Å². The smallest absolute Gasteiger partial charge is 0.238 e. The molecule has 0 bridgehead atoms. The van der Waals surface area contributed by atoms with Crippen LogP contribution in [0.3, 0.4) is 0 Å². The van der Waals surface area contributed by atoms with Gasteiger partial charge in [-0.2, -0.15) is 5.26 Å². The number of methoxy groups -OCH3 is 1. The first kappa shape index (κ1) is 20.3. The number of nitrogens with zero attached hydrogens (tertiary/aromatic N) is 2. The second kappa shape index (κ2) is 8.78. The predicted octanol–water partition coefficient (Wildman–Crippen LogP) is 4.43. The number of fused-ring (bicyclic) bond motifs is 1. The molecule has 2 heterocycles. The number of rotatable bonds is 6. The van der Waals surface area contributed by atoms with Crippen LogP contribution in [0.5, 0.6) is 28.9 Å². The molecular formula is C24H21N3O4. The molecule has 3 aromatic rings. The summed E-state index contributed by atoms with van der Waals surface area (Å²) in [6, 6.07) is 15.0. The Bertz CT molecular complexity index is 1180. The van der Waals surface area contributed by atoms with Crippen LogP contribution < -0.4 is 24.7 Å². The van der Waals surface area contributed by atoms with Crippen LogP contribution in [0.1, 0.15) is 16.8 Å². The molecule has 0 unspecified atom stereocenters. The van der Waals surface area contributed by atoms with Crippen molar-refractivity contribution in [2.45, 2.75) is 6.92 Å². The molecule has 0 atom stereocenters. The van der Waals surface area contributed by atoms with E-state index in [1.807, 2.05) is 43.3 Å². The van der Waals surface area contributed by atoms with E-state index in [1.165, 1.54) is 0 Å². The van der Waals surface area contributed by atoms with Gasteiger partial charge in [0, 0.05) is 29.4 Å². The first-order valence-electron chi connectivity index (χ1n) is 9.67. The van der Waals surface area contributed by atoms with Crippen LogP contribution >= 0.6 is 0 Å². The van der Waals surface area contributed by atoms with Crippen molar-refractivity contribution in [1.82, 2.24) is 4.98 Å². The molecule has 2 N–H and O–H groups in total. The molecule has 0 saturated heterocycles. The van der Waals surface area contributed by atoms with E-state index in [2.05, 4.69) is 11.1 Å². The number of aromatic nitrogens is 1. The molecule has 0 fully saturated rings.